The van der Waals surface area contributed by atoms with Crippen molar-refractivity contribution in [2.24, 2.45) is 0 Å². The molecule has 616 valence electrons. The van der Waals surface area contributed by atoms with Gasteiger partial charge < -0.3 is 33.8 Å². The molecule has 0 heterocycles. The quantitative estimate of drug-likeness (QED) is 0.0169. The number of phosphoric ester groups is 2. The molecule has 0 aliphatic heterocycles. The highest BCUT2D eigenvalue weighted by Gasteiger charge is 2.30. The highest BCUT2D eigenvalue weighted by atomic mass is 31.2. The van der Waals surface area contributed by atoms with Crippen molar-refractivity contribution < 1.29 is 80.2 Å². The first-order valence-electron chi connectivity index (χ1n) is 41.7. The summed E-state index contributed by atoms with van der Waals surface area (Å²) in [5.74, 6) is -2.39. The van der Waals surface area contributed by atoms with E-state index >= 15 is 0 Å². The summed E-state index contributed by atoms with van der Waals surface area (Å²) in [5, 5.41) is 10.7. The molecular formula is C89H148O17P2. The summed E-state index contributed by atoms with van der Waals surface area (Å²) in [6, 6.07) is 0. The SMILES string of the molecule is CC/C=C\C/C=C\C/C=C\C/C=C\C/C=C\C/C=C\CCC(=O)O[C@H](COC(=O)CCCCCCCCC/C=C\CCCCCC)COP(=O)(O)OC[C@H](O)COP(=O)(O)OC[C@@H](COC(=O)CC/C=C\C/C=C\C/C=C\C/C=C\C/C=C\CCCCC)OC(=O)CCCCCCC/C=C\CCCCCCCC. The number of allylic oxidation sites excluding steroid dienone is 26. The third-order valence-corrected chi connectivity index (χ3v) is 18.9. The number of ether oxygens (including phenoxy) is 4. The standard InChI is InChI=1S/C89H148O17P2/c1-5-9-13-17-21-25-29-33-37-39-41-43-47-50-54-58-62-66-70-74-87(92)100-80-84(105-88(93)75-71-67-63-59-55-51-46-36-32-28-24-20-16-12-8-4)81-103-107(95,96)101-77-83(90)78-102-108(97,98)104-82-85(79-99-86(91)73-69-65-61-57-53-49-45-35-31-27-23-19-15-11-7-3)106-89(94)76-72-68-64-60-56-52-48-44-42-40-38-34-30-26-22-18-14-10-6-2/h10,14,21-22,25-27,31,33-34,36-38,41-44,46,50,52,54,56,62,64,66,68,83-85,90H,5-9,11-13,15-20,23-24,28-30,32,35,39-40,45,47-49,51,53,55,57-61,63,65,67,69-82H2,1-4H3,(H,95,96)(H,97,98)/b14-10-,25-21-,26-22-,31-27-,37-33-,38-34-,43-41-,44-42-,46-36-,54-50-,56-52-,66-62-,68-64-/t83-,84-,85-/m1/s1. The predicted octanol–water partition coefficient (Wildman–Crippen LogP) is 24.8. The maximum absolute atomic E-state index is 13.1. The second-order valence-electron chi connectivity index (χ2n) is 27.3. The number of unbranched alkanes of at least 4 members (excludes halogenated alkanes) is 25. The van der Waals surface area contributed by atoms with E-state index in [1.807, 2.05) is 30.4 Å². The molecule has 2 unspecified atom stereocenters. The number of esters is 4. The summed E-state index contributed by atoms with van der Waals surface area (Å²) in [4.78, 5) is 73.1. The third kappa shape index (κ3) is 78.8. The first kappa shape index (κ1) is 103. The van der Waals surface area contributed by atoms with Crippen LogP contribution in [0.4, 0.5) is 0 Å². The fourth-order valence-electron chi connectivity index (χ4n) is 10.6. The summed E-state index contributed by atoms with van der Waals surface area (Å²) < 4.78 is 68.5. The predicted molar refractivity (Wildman–Crippen MR) is 445 cm³/mol. The van der Waals surface area contributed by atoms with Gasteiger partial charge in [-0.05, 0) is 154 Å². The summed E-state index contributed by atoms with van der Waals surface area (Å²) >= 11 is 0. The zero-order valence-electron chi connectivity index (χ0n) is 67.5. The maximum atomic E-state index is 13.1. The minimum Gasteiger partial charge on any atom is -0.462 e. The number of aliphatic hydroxyl groups is 1. The molecule has 0 rings (SSSR count). The van der Waals surface area contributed by atoms with Crippen LogP contribution in [0.25, 0.3) is 0 Å². The molecule has 0 bridgehead atoms. The van der Waals surface area contributed by atoms with Crippen LogP contribution in [0.15, 0.2) is 158 Å². The molecule has 0 aromatic heterocycles. The van der Waals surface area contributed by atoms with Crippen LogP contribution in [-0.2, 0) is 65.4 Å². The van der Waals surface area contributed by atoms with Crippen molar-refractivity contribution in [3.8, 4) is 0 Å². The minimum absolute atomic E-state index is 0.0310. The lowest BCUT2D eigenvalue weighted by atomic mass is 10.1. The average molecular weight is 1550 g/mol. The van der Waals surface area contributed by atoms with Crippen molar-refractivity contribution in [1.82, 2.24) is 0 Å². The smallest absolute Gasteiger partial charge is 0.462 e. The van der Waals surface area contributed by atoms with Crippen molar-refractivity contribution in [1.29, 1.82) is 0 Å². The minimum atomic E-state index is -5.01. The number of phosphoric acid groups is 2. The van der Waals surface area contributed by atoms with Gasteiger partial charge in [0.15, 0.2) is 12.2 Å². The Morgan fingerprint density at radius 1 is 0.269 bits per heavy atom. The van der Waals surface area contributed by atoms with Crippen LogP contribution in [0.5, 0.6) is 0 Å². The second kappa shape index (κ2) is 79.8. The molecule has 0 aliphatic carbocycles. The lowest BCUT2D eigenvalue weighted by Gasteiger charge is -2.21. The molecule has 0 amide bonds. The van der Waals surface area contributed by atoms with Crippen molar-refractivity contribution in [3.63, 3.8) is 0 Å². The largest absolute Gasteiger partial charge is 0.472 e. The topological polar surface area (TPSA) is 237 Å². The molecule has 0 saturated heterocycles. The van der Waals surface area contributed by atoms with Crippen LogP contribution in [0.2, 0.25) is 0 Å². The van der Waals surface area contributed by atoms with Crippen molar-refractivity contribution in [2.75, 3.05) is 39.6 Å². The third-order valence-electron chi connectivity index (χ3n) is 17.0. The second-order valence-corrected chi connectivity index (χ2v) is 30.2. The van der Waals surface area contributed by atoms with E-state index in [4.69, 9.17) is 37.0 Å². The summed E-state index contributed by atoms with van der Waals surface area (Å²) in [5.41, 5.74) is 0. The van der Waals surface area contributed by atoms with E-state index in [0.717, 1.165) is 148 Å². The highest BCUT2D eigenvalue weighted by Crippen LogP contribution is 2.45. The number of rotatable bonds is 77. The Kier molecular flexibility index (Phi) is 75.8. The van der Waals surface area contributed by atoms with Gasteiger partial charge in [-0.1, -0.05) is 301 Å². The lowest BCUT2D eigenvalue weighted by Crippen LogP contribution is -2.30. The maximum Gasteiger partial charge on any atom is 0.472 e. The molecule has 3 N–H and O–H groups in total. The molecule has 0 fully saturated rings. The van der Waals surface area contributed by atoms with Crippen LogP contribution in [0.1, 0.15) is 323 Å². The van der Waals surface area contributed by atoms with Gasteiger partial charge in [-0.25, -0.2) is 9.13 Å². The van der Waals surface area contributed by atoms with E-state index in [-0.39, 0.29) is 25.7 Å². The molecule has 5 atom stereocenters. The first-order valence-corrected chi connectivity index (χ1v) is 44.7. The Labute approximate surface area is 655 Å². The molecule has 0 aliphatic rings. The van der Waals surface area contributed by atoms with E-state index in [9.17, 15) is 43.2 Å². The van der Waals surface area contributed by atoms with Gasteiger partial charge in [-0.2, -0.15) is 0 Å². The van der Waals surface area contributed by atoms with Crippen molar-refractivity contribution in [3.05, 3.63) is 158 Å². The van der Waals surface area contributed by atoms with Crippen LogP contribution in [0.3, 0.4) is 0 Å². The first-order chi connectivity index (χ1) is 52.7. The van der Waals surface area contributed by atoms with E-state index in [0.29, 0.717) is 38.5 Å². The van der Waals surface area contributed by atoms with Gasteiger partial charge in [0.05, 0.1) is 26.4 Å². The number of hydrogen-bond acceptors (Lipinski definition) is 15. The summed E-state index contributed by atoms with van der Waals surface area (Å²) in [6.07, 6.45) is 93.9. The van der Waals surface area contributed by atoms with Crippen LogP contribution >= 0.6 is 15.6 Å². The Morgan fingerprint density at radius 3 is 0.852 bits per heavy atom. The van der Waals surface area contributed by atoms with Crippen LogP contribution in [-0.4, -0.2) is 96.7 Å². The van der Waals surface area contributed by atoms with Gasteiger partial charge in [0.25, 0.3) is 0 Å². The number of hydrogen-bond donors (Lipinski definition) is 3. The van der Waals surface area contributed by atoms with E-state index in [2.05, 4.69) is 155 Å². The summed E-state index contributed by atoms with van der Waals surface area (Å²) in [7, 11) is -10.0. The zero-order valence-corrected chi connectivity index (χ0v) is 69.3. The monoisotopic (exact) mass is 1550 g/mol. The molecule has 108 heavy (non-hydrogen) atoms. The molecule has 19 heteroatoms. The molecule has 0 saturated carbocycles. The van der Waals surface area contributed by atoms with Crippen molar-refractivity contribution >= 4 is 39.5 Å². The Morgan fingerprint density at radius 2 is 0.500 bits per heavy atom. The average Bonchev–Trinajstić information content (AvgIpc) is 0.899. The van der Waals surface area contributed by atoms with E-state index in [1.165, 1.54) is 83.5 Å². The number of carbonyl (C=O) groups is 4. The molecule has 0 radical (unpaired) electrons. The number of carbonyl (C=O) groups excluding carboxylic acids is 4. The van der Waals surface area contributed by atoms with Gasteiger partial charge in [0.2, 0.25) is 0 Å². The van der Waals surface area contributed by atoms with Gasteiger partial charge >= 0.3 is 39.5 Å². The molecular weight excluding hydrogens is 1400 g/mol. The van der Waals surface area contributed by atoms with E-state index in [1.54, 1.807) is 0 Å². The number of aliphatic hydroxyl groups excluding tert-OH is 1. The van der Waals surface area contributed by atoms with Gasteiger partial charge in [-0.3, -0.25) is 37.3 Å². The van der Waals surface area contributed by atoms with Gasteiger partial charge in [-0.15, -0.1) is 0 Å². The normalized spacial score (nSPS) is 14.6. The molecule has 0 aromatic rings. The van der Waals surface area contributed by atoms with Gasteiger partial charge in [0, 0.05) is 25.7 Å². The molecule has 0 spiro atoms. The Balaban J connectivity index is 5.51. The van der Waals surface area contributed by atoms with Crippen molar-refractivity contribution in [2.45, 2.75) is 341 Å². The fraction of sp³-hybridized carbons (Fsp3) is 0.663. The van der Waals surface area contributed by atoms with E-state index < -0.39 is 97.5 Å². The lowest BCUT2D eigenvalue weighted by molar-refractivity contribution is -0.161. The van der Waals surface area contributed by atoms with Gasteiger partial charge in [0.1, 0.15) is 19.3 Å². The highest BCUT2D eigenvalue weighted by molar-refractivity contribution is 7.47. The summed E-state index contributed by atoms with van der Waals surface area (Å²) in [6.45, 7) is 4.54. The Bertz CT molecular complexity index is 2660. The molecule has 0 aromatic carbocycles. The fourth-order valence-corrected chi connectivity index (χ4v) is 12.2. The van der Waals surface area contributed by atoms with Crippen LogP contribution < -0.4 is 0 Å². The Hall–Kier alpha value is -5.32. The van der Waals surface area contributed by atoms with Crippen LogP contribution in [0, 0.1) is 0 Å². The molecule has 17 nitrogen and oxygen atoms in total. The zero-order chi connectivity index (χ0) is 78.9.